The van der Waals surface area contributed by atoms with E-state index in [0.29, 0.717) is 5.56 Å². The maximum atomic E-state index is 12.3. The van der Waals surface area contributed by atoms with Gasteiger partial charge in [0.2, 0.25) is 0 Å². The molecule has 1 amide bonds. The molecule has 0 unspecified atom stereocenters. The van der Waals surface area contributed by atoms with Crippen molar-refractivity contribution in [2.45, 2.75) is 59.3 Å². The zero-order valence-electron chi connectivity index (χ0n) is 19.3. The van der Waals surface area contributed by atoms with Crippen LogP contribution in [0.25, 0.3) is 0 Å². The van der Waals surface area contributed by atoms with Crippen molar-refractivity contribution in [3.8, 4) is 5.75 Å². The molecule has 5 nitrogen and oxygen atoms in total. The van der Waals surface area contributed by atoms with Crippen molar-refractivity contribution >= 4 is 17.8 Å². The molecule has 5 heteroatoms. The van der Waals surface area contributed by atoms with Crippen LogP contribution in [0.1, 0.15) is 75.2 Å². The summed E-state index contributed by atoms with van der Waals surface area (Å²) in [4.78, 5) is 14.5. The number of nitrogens with zero attached hydrogens (tertiary/aromatic N) is 2. The van der Waals surface area contributed by atoms with E-state index in [0.717, 1.165) is 43.1 Å². The molecule has 0 bridgehead atoms. The number of nitrogens with one attached hydrogen (secondary N) is 1. The summed E-state index contributed by atoms with van der Waals surface area (Å²) in [6.45, 7) is 9.10. The number of carbonyl (C=O) groups excluding carboxylic acids is 1. The van der Waals surface area contributed by atoms with Crippen LogP contribution in [0.4, 0.5) is 5.69 Å². The summed E-state index contributed by atoms with van der Waals surface area (Å²) in [6, 6.07) is 15.3. The van der Waals surface area contributed by atoms with Gasteiger partial charge < -0.3 is 9.64 Å². The lowest BCUT2D eigenvalue weighted by Crippen LogP contribution is -2.22. The second kappa shape index (κ2) is 14.2. The van der Waals surface area contributed by atoms with Gasteiger partial charge in [-0.15, -0.1) is 0 Å². The van der Waals surface area contributed by atoms with Crippen LogP contribution in [-0.4, -0.2) is 31.8 Å². The standard InChI is InChI=1S/C26H37N3O2/c1-4-7-8-9-10-11-20-31-25-18-12-22(13-19-25)21-27-28-26(30)23-14-16-24(17-15-23)29(5-2)6-3/h12-19,21H,4-11,20H2,1-3H3,(H,28,30)/b27-21-. The molecule has 0 saturated heterocycles. The number of hydrazone groups is 1. The van der Waals surface area contributed by atoms with E-state index in [1.54, 1.807) is 6.21 Å². The number of unbranched alkanes of at least 4 members (excludes halogenated alkanes) is 5. The molecule has 2 rings (SSSR count). The Kier molecular flexibility index (Phi) is 11.2. The number of hydrogen-bond acceptors (Lipinski definition) is 4. The quantitative estimate of drug-likeness (QED) is 0.229. The Labute approximate surface area is 187 Å². The Bertz CT molecular complexity index is 781. The van der Waals surface area contributed by atoms with E-state index in [-0.39, 0.29) is 5.91 Å². The molecule has 0 spiro atoms. The van der Waals surface area contributed by atoms with Crippen LogP contribution in [0.15, 0.2) is 53.6 Å². The fourth-order valence-electron chi connectivity index (χ4n) is 3.36. The Morgan fingerprint density at radius 2 is 1.55 bits per heavy atom. The van der Waals surface area contributed by atoms with E-state index < -0.39 is 0 Å². The van der Waals surface area contributed by atoms with Gasteiger partial charge in [0.05, 0.1) is 12.8 Å². The largest absolute Gasteiger partial charge is 0.494 e. The minimum atomic E-state index is -0.221. The number of anilines is 1. The molecule has 31 heavy (non-hydrogen) atoms. The fourth-order valence-corrected chi connectivity index (χ4v) is 3.36. The molecular weight excluding hydrogens is 386 g/mol. The Balaban J connectivity index is 1.74. The monoisotopic (exact) mass is 423 g/mol. The first-order valence-electron chi connectivity index (χ1n) is 11.6. The van der Waals surface area contributed by atoms with Crippen LogP contribution in [0.5, 0.6) is 5.75 Å². The lowest BCUT2D eigenvalue weighted by Gasteiger charge is -2.20. The molecule has 0 aromatic heterocycles. The van der Waals surface area contributed by atoms with E-state index in [2.05, 4.69) is 36.2 Å². The Hall–Kier alpha value is -2.82. The number of amides is 1. The minimum Gasteiger partial charge on any atom is -0.494 e. The summed E-state index contributed by atoms with van der Waals surface area (Å²) in [5.41, 5.74) is 5.20. The third-order valence-corrected chi connectivity index (χ3v) is 5.28. The molecule has 0 radical (unpaired) electrons. The van der Waals surface area contributed by atoms with E-state index >= 15 is 0 Å². The predicted octanol–water partition coefficient (Wildman–Crippen LogP) is 6.04. The average molecular weight is 424 g/mol. The molecule has 0 saturated carbocycles. The highest BCUT2D eigenvalue weighted by Gasteiger charge is 2.06. The van der Waals surface area contributed by atoms with Crippen LogP contribution in [-0.2, 0) is 0 Å². The van der Waals surface area contributed by atoms with Crippen molar-refractivity contribution in [2.75, 3.05) is 24.6 Å². The molecule has 0 aliphatic heterocycles. The maximum absolute atomic E-state index is 12.3. The summed E-state index contributed by atoms with van der Waals surface area (Å²) in [7, 11) is 0. The third-order valence-electron chi connectivity index (χ3n) is 5.28. The summed E-state index contributed by atoms with van der Waals surface area (Å²) in [6.07, 6.45) is 9.17. The molecule has 0 aliphatic rings. The van der Waals surface area contributed by atoms with Gasteiger partial charge >= 0.3 is 0 Å². The van der Waals surface area contributed by atoms with Gasteiger partial charge in [0.1, 0.15) is 5.75 Å². The number of ether oxygens (including phenoxy) is 1. The van der Waals surface area contributed by atoms with Crippen LogP contribution in [0.2, 0.25) is 0 Å². The average Bonchev–Trinajstić information content (AvgIpc) is 2.80. The number of hydrogen-bond donors (Lipinski definition) is 1. The molecule has 1 N–H and O–H groups in total. The zero-order valence-corrected chi connectivity index (χ0v) is 19.3. The normalized spacial score (nSPS) is 10.9. The first kappa shape index (κ1) is 24.4. The van der Waals surface area contributed by atoms with E-state index in [9.17, 15) is 4.79 Å². The summed E-state index contributed by atoms with van der Waals surface area (Å²) >= 11 is 0. The molecule has 0 heterocycles. The lowest BCUT2D eigenvalue weighted by molar-refractivity contribution is 0.0955. The van der Waals surface area contributed by atoms with Gasteiger partial charge in [-0.25, -0.2) is 5.43 Å². The summed E-state index contributed by atoms with van der Waals surface area (Å²) in [5, 5.41) is 4.07. The Morgan fingerprint density at radius 3 is 2.19 bits per heavy atom. The highest BCUT2D eigenvalue weighted by Crippen LogP contribution is 2.15. The van der Waals surface area contributed by atoms with Crippen molar-refractivity contribution in [1.29, 1.82) is 0 Å². The Morgan fingerprint density at radius 1 is 0.903 bits per heavy atom. The second-order valence-corrected chi connectivity index (χ2v) is 7.60. The minimum absolute atomic E-state index is 0.221. The summed E-state index contributed by atoms with van der Waals surface area (Å²) < 4.78 is 5.79. The van der Waals surface area contributed by atoms with Crippen LogP contribution >= 0.6 is 0 Å². The first-order chi connectivity index (χ1) is 15.2. The van der Waals surface area contributed by atoms with Crippen molar-refractivity contribution in [3.05, 3.63) is 59.7 Å². The van der Waals surface area contributed by atoms with Gasteiger partial charge in [-0.05, 0) is 74.4 Å². The van der Waals surface area contributed by atoms with Crippen molar-refractivity contribution in [1.82, 2.24) is 5.43 Å². The van der Waals surface area contributed by atoms with E-state index in [4.69, 9.17) is 4.74 Å². The van der Waals surface area contributed by atoms with Gasteiger partial charge in [0, 0.05) is 24.3 Å². The van der Waals surface area contributed by atoms with Crippen molar-refractivity contribution in [3.63, 3.8) is 0 Å². The number of carbonyl (C=O) groups is 1. The second-order valence-electron chi connectivity index (χ2n) is 7.60. The van der Waals surface area contributed by atoms with Gasteiger partial charge in [-0.3, -0.25) is 4.79 Å². The molecular formula is C26H37N3O2. The SMILES string of the molecule is CCCCCCCCOc1ccc(/C=N\NC(=O)c2ccc(N(CC)CC)cc2)cc1. The van der Waals surface area contributed by atoms with Crippen LogP contribution < -0.4 is 15.1 Å². The molecule has 0 fully saturated rings. The van der Waals surface area contributed by atoms with Crippen molar-refractivity contribution < 1.29 is 9.53 Å². The molecule has 0 atom stereocenters. The van der Waals surface area contributed by atoms with Crippen molar-refractivity contribution in [2.24, 2.45) is 5.10 Å². The van der Waals surface area contributed by atoms with Crippen LogP contribution in [0.3, 0.4) is 0 Å². The van der Waals surface area contributed by atoms with E-state index in [1.807, 2.05) is 48.5 Å². The predicted molar refractivity (Wildman–Crippen MR) is 130 cm³/mol. The highest BCUT2D eigenvalue weighted by molar-refractivity contribution is 5.95. The summed E-state index contributed by atoms with van der Waals surface area (Å²) in [5.74, 6) is 0.643. The van der Waals surface area contributed by atoms with Gasteiger partial charge in [-0.1, -0.05) is 39.0 Å². The first-order valence-corrected chi connectivity index (χ1v) is 11.6. The molecule has 2 aromatic carbocycles. The van der Waals surface area contributed by atoms with Gasteiger partial charge in [0.25, 0.3) is 5.91 Å². The highest BCUT2D eigenvalue weighted by atomic mass is 16.5. The zero-order chi connectivity index (χ0) is 22.3. The van der Waals surface area contributed by atoms with Crippen LogP contribution in [0, 0.1) is 0 Å². The fraction of sp³-hybridized carbons (Fsp3) is 0.462. The maximum Gasteiger partial charge on any atom is 0.271 e. The smallest absolute Gasteiger partial charge is 0.271 e. The lowest BCUT2D eigenvalue weighted by atomic mass is 10.1. The number of benzene rings is 2. The van der Waals surface area contributed by atoms with Gasteiger partial charge in [0.15, 0.2) is 0 Å². The third kappa shape index (κ3) is 8.83. The topological polar surface area (TPSA) is 53.9 Å². The van der Waals surface area contributed by atoms with Gasteiger partial charge in [-0.2, -0.15) is 5.10 Å². The van der Waals surface area contributed by atoms with E-state index in [1.165, 1.54) is 32.1 Å². The molecule has 2 aromatic rings. The molecule has 0 aliphatic carbocycles. The number of rotatable bonds is 14. The molecule has 168 valence electrons.